The lowest BCUT2D eigenvalue weighted by Gasteiger charge is -2.10. The normalized spacial score (nSPS) is 10.7. The van der Waals surface area contributed by atoms with Crippen LogP contribution in [0.15, 0.2) is 44.4 Å². The van der Waals surface area contributed by atoms with Gasteiger partial charge in [-0.2, -0.15) is 5.10 Å². The summed E-state index contributed by atoms with van der Waals surface area (Å²) in [6.45, 7) is 1.80. The van der Waals surface area contributed by atoms with Crippen molar-refractivity contribution in [1.29, 1.82) is 0 Å². The molecule has 0 fully saturated rings. The summed E-state index contributed by atoms with van der Waals surface area (Å²) in [7, 11) is 3.13. The summed E-state index contributed by atoms with van der Waals surface area (Å²) in [5.74, 6) is 1.44. The highest BCUT2D eigenvalue weighted by atomic mass is 79.9. The average molecular weight is 486 g/mol. The maximum Gasteiger partial charge on any atom is 0.277 e. The molecule has 1 N–H and O–H groups in total. The average Bonchev–Trinajstić information content (AvgIpc) is 2.61. The van der Waals surface area contributed by atoms with Gasteiger partial charge in [0.15, 0.2) is 6.61 Å². The third kappa shape index (κ3) is 5.47. The van der Waals surface area contributed by atoms with Crippen molar-refractivity contribution in [3.63, 3.8) is 0 Å². The van der Waals surface area contributed by atoms with Gasteiger partial charge in [0.05, 0.1) is 29.4 Å². The van der Waals surface area contributed by atoms with Crippen molar-refractivity contribution < 1.29 is 19.0 Å². The minimum absolute atomic E-state index is 0.169. The molecule has 0 bridgehead atoms. The highest BCUT2D eigenvalue weighted by molar-refractivity contribution is 9.11. The summed E-state index contributed by atoms with van der Waals surface area (Å²) in [4.78, 5) is 11.9. The number of rotatable bonds is 7. The molecule has 0 radical (unpaired) electrons. The van der Waals surface area contributed by atoms with Crippen molar-refractivity contribution in [2.45, 2.75) is 6.92 Å². The number of hydrazone groups is 1. The van der Waals surface area contributed by atoms with E-state index in [-0.39, 0.29) is 12.5 Å². The van der Waals surface area contributed by atoms with Gasteiger partial charge < -0.3 is 14.2 Å². The first-order chi connectivity index (χ1) is 12.4. The molecule has 0 spiro atoms. The zero-order valence-corrected chi connectivity index (χ0v) is 17.7. The molecule has 0 aliphatic carbocycles. The summed E-state index contributed by atoms with van der Waals surface area (Å²) in [5, 5.41) is 3.93. The number of carbonyl (C=O) groups excluding carboxylic acids is 1. The number of ether oxygens (including phenoxy) is 3. The number of methoxy groups -OCH3 is 2. The Morgan fingerprint density at radius 2 is 1.85 bits per heavy atom. The van der Waals surface area contributed by atoms with E-state index in [1.54, 1.807) is 32.4 Å². The first-order valence-corrected chi connectivity index (χ1v) is 9.15. The van der Waals surface area contributed by atoms with Gasteiger partial charge in [0.25, 0.3) is 5.91 Å². The topological polar surface area (TPSA) is 69.2 Å². The minimum Gasteiger partial charge on any atom is -0.497 e. The summed E-state index contributed by atoms with van der Waals surface area (Å²) in [6.07, 6.45) is 1.49. The fourth-order valence-corrected chi connectivity index (χ4v) is 3.74. The number of aryl methyl sites for hydroxylation is 1. The molecule has 1 amide bonds. The van der Waals surface area contributed by atoms with Crippen molar-refractivity contribution in [2.24, 2.45) is 5.10 Å². The molecule has 0 heterocycles. The predicted molar refractivity (Wildman–Crippen MR) is 107 cm³/mol. The van der Waals surface area contributed by atoms with Gasteiger partial charge in [-0.3, -0.25) is 4.79 Å². The Balaban J connectivity index is 1.94. The van der Waals surface area contributed by atoms with E-state index in [4.69, 9.17) is 14.2 Å². The van der Waals surface area contributed by atoms with Crippen molar-refractivity contribution in [3.05, 3.63) is 50.4 Å². The number of carbonyl (C=O) groups is 1. The van der Waals surface area contributed by atoms with E-state index in [9.17, 15) is 4.79 Å². The molecular weight excluding hydrogens is 468 g/mol. The van der Waals surface area contributed by atoms with Crippen molar-refractivity contribution >= 4 is 44.0 Å². The van der Waals surface area contributed by atoms with Crippen LogP contribution in [0.25, 0.3) is 0 Å². The molecule has 2 aromatic rings. The van der Waals surface area contributed by atoms with Gasteiger partial charge in [0.2, 0.25) is 0 Å². The molecule has 0 unspecified atom stereocenters. The quantitative estimate of drug-likeness (QED) is 0.474. The fraction of sp³-hybridized carbons (Fsp3) is 0.222. The second-order valence-corrected chi connectivity index (χ2v) is 6.96. The lowest BCUT2D eigenvalue weighted by Crippen LogP contribution is -2.24. The van der Waals surface area contributed by atoms with Crippen molar-refractivity contribution in [3.8, 4) is 17.2 Å². The van der Waals surface area contributed by atoms with Crippen LogP contribution in [-0.4, -0.2) is 32.9 Å². The Bertz CT molecular complexity index is 802. The first kappa shape index (κ1) is 20.3. The van der Waals surface area contributed by atoms with E-state index in [0.717, 1.165) is 14.5 Å². The van der Waals surface area contributed by atoms with E-state index in [1.807, 2.05) is 19.1 Å². The van der Waals surface area contributed by atoms with Gasteiger partial charge >= 0.3 is 0 Å². The zero-order chi connectivity index (χ0) is 19.1. The second kappa shape index (κ2) is 9.59. The number of amides is 1. The first-order valence-electron chi connectivity index (χ1n) is 7.57. The summed E-state index contributed by atoms with van der Waals surface area (Å²) >= 11 is 6.84. The maximum atomic E-state index is 11.9. The van der Waals surface area contributed by atoms with Gasteiger partial charge in [0.1, 0.15) is 17.2 Å². The number of hydrogen-bond donors (Lipinski definition) is 1. The van der Waals surface area contributed by atoms with Crippen molar-refractivity contribution in [2.75, 3.05) is 20.8 Å². The van der Waals surface area contributed by atoms with Gasteiger partial charge in [-0.15, -0.1) is 0 Å². The van der Waals surface area contributed by atoms with E-state index in [2.05, 4.69) is 42.4 Å². The predicted octanol–water partition coefficient (Wildman–Crippen LogP) is 4.07. The van der Waals surface area contributed by atoms with Gasteiger partial charge in [-0.25, -0.2) is 5.43 Å². The van der Waals surface area contributed by atoms with Crippen LogP contribution < -0.4 is 19.6 Å². The van der Waals surface area contributed by atoms with E-state index in [0.29, 0.717) is 22.8 Å². The molecule has 0 saturated carbocycles. The minimum atomic E-state index is -0.381. The largest absolute Gasteiger partial charge is 0.497 e. The highest BCUT2D eigenvalue weighted by Gasteiger charge is 2.10. The molecule has 0 aromatic heterocycles. The van der Waals surface area contributed by atoms with Crippen LogP contribution in [0.3, 0.4) is 0 Å². The zero-order valence-electron chi connectivity index (χ0n) is 14.5. The molecular formula is C18H18Br2N2O4. The molecule has 138 valence electrons. The van der Waals surface area contributed by atoms with Gasteiger partial charge in [-0.1, -0.05) is 0 Å². The third-order valence-corrected chi connectivity index (χ3v) is 4.50. The van der Waals surface area contributed by atoms with Crippen LogP contribution in [0.1, 0.15) is 11.1 Å². The van der Waals surface area contributed by atoms with Crippen LogP contribution in [-0.2, 0) is 4.79 Å². The highest BCUT2D eigenvalue weighted by Crippen LogP contribution is 2.34. The maximum absolute atomic E-state index is 11.9. The number of hydrogen-bond acceptors (Lipinski definition) is 5. The molecule has 6 nitrogen and oxygen atoms in total. The number of nitrogens with zero attached hydrogens (tertiary/aromatic N) is 1. The smallest absolute Gasteiger partial charge is 0.277 e. The van der Waals surface area contributed by atoms with Crippen LogP contribution in [0.2, 0.25) is 0 Å². The van der Waals surface area contributed by atoms with Crippen LogP contribution in [0.4, 0.5) is 0 Å². The SMILES string of the molecule is COc1ccc(C=NNC(=O)COc2c(Br)cc(C)cc2Br)c(OC)c1. The third-order valence-electron chi connectivity index (χ3n) is 3.32. The van der Waals surface area contributed by atoms with E-state index in [1.165, 1.54) is 6.21 Å². The standard InChI is InChI=1S/C18H18Br2N2O4/c1-11-6-14(19)18(15(20)7-11)26-10-17(23)22-21-9-12-4-5-13(24-2)8-16(12)25-3/h4-9H,10H2,1-3H3,(H,22,23). The number of nitrogens with one attached hydrogen (secondary N) is 1. The molecule has 0 aliphatic rings. The molecule has 8 heteroatoms. The van der Waals surface area contributed by atoms with Gasteiger partial charge in [-0.05, 0) is 68.6 Å². The van der Waals surface area contributed by atoms with Crippen LogP contribution in [0.5, 0.6) is 17.2 Å². The number of halogens is 2. The van der Waals surface area contributed by atoms with Crippen LogP contribution >= 0.6 is 31.9 Å². The number of benzene rings is 2. The molecule has 0 atom stereocenters. The Morgan fingerprint density at radius 1 is 1.15 bits per heavy atom. The fourth-order valence-electron chi connectivity index (χ4n) is 2.09. The second-order valence-electron chi connectivity index (χ2n) is 5.25. The lowest BCUT2D eigenvalue weighted by molar-refractivity contribution is -0.123. The monoisotopic (exact) mass is 484 g/mol. The van der Waals surface area contributed by atoms with E-state index < -0.39 is 0 Å². The Kier molecular flexibility index (Phi) is 7.47. The summed E-state index contributed by atoms with van der Waals surface area (Å²) < 4.78 is 17.5. The Labute approximate surface area is 168 Å². The molecule has 2 aromatic carbocycles. The Morgan fingerprint density at radius 3 is 2.46 bits per heavy atom. The Hall–Kier alpha value is -2.06. The summed E-state index contributed by atoms with van der Waals surface area (Å²) in [6, 6.07) is 9.11. The molecule has 0 saturated heterocycles. The summed E-state index contributed by atoms with van der Waals surface area (Å²) in [5.41, 5.74) is 4.19. The lowest BCUT2D eigenvalue weighted by atomic mass is 10.2. The molecule has 2 rings (SSSR count). The van der Waals surface area contributed by atoms with Gasteiger partial charge in [0, 0.05) is 11.6 Å². The van der Waals surface area contributed by atoms with Crippen molar-refractivity contribution in [1.82, 2.24) is 5.43 Å². The molecule has 0 aliphatic heterocycles. The van der Waals surface area contributed by atoms with E-state index >= 15 is 0 Å². The van der Waals surface area contributed by atoms with Crippen LogP contribution in [0, 0.1) is 6.92 Å². The molecule has 26 heavy (non-hydrogen) atoms.